The second-order valence-corrected chi connectivity index (χ2v) is 21.9. The highest BCUT2D eigenvalue weighted by Gasteiger charge is 2.36. The topological polar surface area (TPSA) is 180 Å². The summed E-state index contributed by atoms with van der Waals surface area (Å²) < 4.78 is 17.3. The molecule has 0 rings (SSSR count). The normalized spacial score (nSPS) is 13.2. The van der Waals surface area contributed by atoms with Crippen molar-refractivity contribution in [1.82, 2.24) is 37.2 Å². The first-order valence-corrected chi connectivity index (χ1v) is 23.5. The number of hydrogen-bond acceptors (Lipinski definition) is 8. The van der Waals surface area contributed by atoms with Crippen molar-refractivity contribution in [2.24, 2.45) is 0 Å². The largest absolute Gasteiger partial charge is 0.451 e. The summed E-state index contributed by atoms with van der Waals surface area (Å²) >= 11 is 0. The summed E-state index contributed by atoms with van der Waals surface area (Å²) in [7, 11) is 2.22. The number of rotatable bonds is 25. The first-order valence-electron chi connectivity index (χ1n) is 17.3. The first-order chi connectivity index (χ1) is 22.5. The third-order valence-corrected chi connectivity index (χ3v) is 13.2. The van der Waals surface area contributed by atoms with E-state index in [9.17, 15) is 19.2 Å². The molecule has 6 amide bonds. The highest BCUT2D eigenvalue weighted by atomic mass is 28.4. The molecule has 0 bridgehead atoms. The van der Waals surface area contributed by atoms with Crippen LogP contribution in [0.1, 0.15) is 85.0 Å². The lowest BCUT2D eigenvalue weighted by molar-refractivity contribution is 0.150. The van der Waals surface area contributed by atoms with Gasteiger partial charge in [-0.2, -0.15) is 0 Å². The van der Waals surface area contributed by atoms with E-state index in [0.29, 0.717) is 25.1 Å². The summed E-state index contributed by atoms with van der Waals surface area (Å²) in [4.78, 5) is 48.6. The van der Waals surface area contributed by atoms with Gasteiger partial charge in [0.2, 0.25) is 16.6 Å². The third kappa shape index (κ3) is 26.1. The Hall–Kier alpha value is -2.92. The average Bonchev–Trinajstić information content (AvgIpc) is 2.98. The third-order valence-electron chi connectivity index (χ3n) is 7.08. The van der Waals surface area contributed by atoms with E-state index < -0.39 is 35.0 Å². The van der Waals surface area contributed by atoms with Gasteiger partial charge in [-0.3, -0.25) is 0 Å². The van der Waals surface area contributed by atoms with Crippen LogP contribution in [0.4, 0.5) is 19.2 Å². The van der Waals surface area contributed by atoms with Crippen LogP contribution in [-0.2, 0) is 13.6 Å². The Morgan fingerprint density at radius 2 is 1.23 bits per heavy atom. The molecular weight excluding hydrogens is 649 g/mol. The molecule has 0 saturated heterocycles. The van der Waals surface area contributed by atoms with Crippen molar-refractivity contribution in [3.05, 3.63) is 12.2 Å². The number of alkyl carbamates (subject to hydrolysis) is 2. The predicted octanol–water partition coefficient (Wildman–Crippen LogP) is 4.43. The van der Waals surface area contributed by atoms with Gasteiger partial charge in [0.25, 0.3) is 0 Å². The maximum Gasteiger partial charge on any atom is 0.408 e. The summed E-state index contributed by atoms with van der Waals surface area (Å²) in [5, 5.41) is 19.6. The molecule has 7 N–H and O–H groups in total. The lowest BCUT2D eigenvalue weighted by Crippen LogP contribution is -2.53. The van der Waals surface area contributed by atoms with E-state index in [1.54, 1.807) is 0 Å². The Kier molecular flexibility index (Phi) is 23.6. The number of carbonyl (C=O) groups is 4. The van der Waals surface area contributed by atoms with E-state index in [-0.39, 0.29) is 36.6 Å². The fraction of sp³-hybridized carbons (Fsp3) is 0.806. The molecule has 0 aliphatic carbocycles. The van der Waals surface area contributed by atoms with E-state index >= 15 is 0 Å². The van der Waals surface area contributed by atoms with Crippen molar-refractivity contribution in [2.45, 2.75) is 129 Å². The maximum absolute atomic E-state index is 12.5. The van der Waals surface area contributed by atoms with Crippen LogP contribution in [0.2, 0.25) is 26.2 Å². The number of unbranched alkanes of at least 4 members (excludes halogenated alkanes) is 5. The van der Waals surface area contributed by atoms with Crippen LogP contribution in [0.5, 0.6) is 0 Å². The lowest BCUT2D eigenvalue weighted by Gasteiger charge is -2.33. The van der Waals surface area contributed by atoms with Crippen LogP contribution < -0.4 is 37.2 Å². The van der Waals surface area contributed by atoms with E-state index in [4.69, 9.17) is 21.4 Å². The molecule has 17 heteroatoms. The van der Waals surface area contributed by atoms with Gasteiger partial charge in [-0.05, 0) is 84.2 Å². The molecule has 0 fully saturated rings. The Balaban J connectivity index is 4.19. The zero-order valence-electron chi connectivity index (χ0n) is 30.8. The maximum atomic E-state index is 12.5. The van der Waals surface area contributed by atoms with Crippen molar-refractivity contribution >= 4 is 48.7 Å². The average molecular weight is 714 g/mol. The van der Waals surface area contributed by atoms with E-state index in [2.05, 4.69) is 50.7 Å². The fourth-order valence-electron chi connectivity index (χ4n) is 4.76. The summed E-state index contributed by atoms with van der Waals surface area (Å²) in [5.74, 6) is 0. The van der Waals surface area contributed by atoms with Crippen LogP contribution >= 0.6 is 0 Å². The number of amides is 6. The van der Waals surface area contributed by atoms with Crippen LogP contribution in [0.15, 0.2) is 12.2 Å². The van der Waals surface area contributed by atoms with Crippen LogP contribution in [-0.4, -0.2) is 99.6 Å². The number of hydrogen-bond donors (Lipinski definition) is 7. The molecule has 0 aromatic rings. The van der Waals surface area contributed by atoms with Crippen LogP contribution in [0.25, 0.3) is 0 Å². The molecule has 0 aromatic carbocycles. The Morgan fingerprint density at radius 3 is 1.77 bits per heavy atom. The molecule has 48 heavy (non-hydrogen) atoms. The van der Waals surface area contributed by atoms with Gasteiger partial charge in [0, 0.05) is 32.2 Å². The van der Waals surface area contributed by atoms with Gasteiger partial charge in [-0.25, -0.2) is 19.2 Å². The van der Waals surface area contributed by atoms with Gasteiger partial charge >= 0.3 is 24.2 Å². The summed E-state index contributed by atoms with van der Waals surface area (Å²) in [6.07, 6.45) is 7.28. The molecule has 3 atom stereocenters. The Bertz CT molecular complexity index is 980. The Labute approximate surface area is 292 Å². The second-order valence-electron chi connectivity index (χ2n) is 13.5. The molecule has 2 radical (unpaired) electrons. The lowest BCUT2D eigenvalue weighted by atomic mass is 10.0. The highest BCUT2D eigenvalue weighted by Crippen LogP contribution is 2.16. The minimum atomic E-state index is -2.44. The van der Waals surface area contributed by atoms with Crippen molar-refractivity contribution in [3.63, 3.8) is 0 Å². The number of carbonyl (C=O) groups excluding carboxylic acids is 4. The number of urea groups is 2. The van der Waals surface area contributed by atoms with E-state index in [1.807, 2.05) is 40.0 Å². The summed E-state index contributed by atoms with van der Waals surface area (Å²) in [6.45, 7) is 18.6. The molecule has 0 spiro atoms. The fourth-order valence-corrected chi connectivity index (χ4v) is 12.2. The standard InChI is InChI=1S/C31H64BN7O7Si2/c1-10-11-14-17-27(38-28(40)33-5)39-31(43)45-23-48(8,9)46-47(6,7)22-44-30(42)35-21-16-13-12-15-20-34-29(41)37-25(3)19-18-24(2)36-26(4)32/h24-25,27,36H,4,10-23H2,1-3,5-9H3,(H,35,42)(H,39,43)(H2,33,38,40)(H2,34,37,41). The summed E-state index contributed by atoms with van der Waals surface area (Å²) in [5.41, 5.74) is 0.444. The molecule has 0 aliphatic heterocycles. The quantitative estimate of drug-likeness (QED) is 0.0413. The Morgan fingerprint density at radius 1 is 0.688 bits per heavy atom. The molecule has 0 heterocycles. The van der Waals surface area contributed by atoms with Gasteiger partial charge in [0.05, 0.1) is 0 Å². The van der Waals surface area contributed by atoms with Gasteiger partial charge in [-0.15, -0.1) is 0 Å². The van der Waals surface area contributed by atoms with E-state index in [1.165, 1.54) is 7.05 Å². The molecule has 14 nitrogen and oxygen atoms in total. The zero-order valence-corrected chi connectivity index (χ0v) is 32.8. The first kappa shape index (κ1) is 45.1. The minimum absolute atomic E-state index is 0.0472. The van der Waals surface area contributed by atoms with Gasteiger partial charge < -0.3 is 50.8 Å². The monoisotopic (exact) mass is 713 g/mol. The molecule has 0 aromatic heterocycles. The van der Waals surface area contributed by atoms with Crippen molar-refractivity contribution in [1.29, 1.82) is 0 Å². The van der Waals surface area contributed by atoms with Gasteiger partial charge in [0.15, 0.2) is 0 Å². The van der Waals surface area contributed by atoms with Gasteiger partial charge in [0.1, 0.15) is 26.5 Å². The summed E-state index contributed by atoms with van der Waals surface area (Å²) in [6, 6.07) is -0.309. The molecule has 0 aliphatic rings. The van der Waals surface area contributed by atoms with Crippen molar-refractivity contribution in [2.75, 3.05) is 32.6 Å². The SMILES string of the molecule is [B]C(=C)NC(C)CCC(C)NC(=O)NCCCCCCNC(=O)OC[Si](C)(C)O[Si](C)(C)COC(=O)NC(CCCCC)NC(=O)NC. The van der Waals surface area contributed by atoms with Crippen LogP contribution in [0.3, 0.4) is 0 Å². The molecule has 276 valence electrons. The van der Waals surface area contributed by atoms with Gasteiger partial charge in [-0.1, -0.05) is 39.2 Å². The predicted molar refractivity (Wildman–Crippen MR) is 197 cm³/mol. The smallest absolute Gasteiger partial charge is 0.408 e. The van der Waals surface area contributed by atoms with Crippen LogP contribution in [0, 0.1) is 0 Å². The second kappa shape index (κ2) is 25.1. The van der Waals surface area contributed by atoms with Crippen molar-refractivity contribution < 1.29 is 32.8 Å². The van der Waals surface area contributed by atoms with Crippen molar-refractivity contribution in [3.8, 4) is 0 Å². The molecular formula is C31H64BN7O7Si2. The number of ether oxygens (including phenoxy) is 2. The number of nitrogens with one attached hydrogen (secondary N) is 7. The molecule has 0 saturated carbocycles. The highest BCUT2D eigenvalue weighted by molar-refractivity contribution is 6.84. The zero-order chi connectivity index (χ0) is 36.6. The minimum Gasteiger partial charge on any atom is -0.451 e. The molecule has 3 unspecified atom stereocenters. The van der Waals surface area contributed by atoms with E-state index in [0.717, 1.165) is 57.8 Å².